The zero-order chi connectivity index (χ0) is 12.1. The summed E-state index contributed by atoms with van der Waals surface area (Å²) in [7, 11) is 0. The minimum atomic E-state index is -0.371. The first-order chi connectivity index (χ1) is 7.52. The third-order valence-electron chi connectivity index (χ3n) is 1.67. The van der Waals surface area contributed by atoms with Crippen LogP contribution in [0.5, 0.6) is 0 Å². The van der Waals surface area contributed by atoms with Crippen molar-refractivity contribution in [3.05, 3.63) is 27.7 Å². The van der Waals surface area contributed by atoms with Gasteiger partial charge in [-0.05, 0) is 34.1 Å². The van der Waals surface area contributed by atoms with Gasteiger partial charge in [-0.15, -0.1) is 0 Å². The molecule has 5 nitrogen and oxygen atoms in total. The molecule has 1 rings (SSSR count). The molecular weight excluding hydrogens is 297 g/mol. The number of nitrogens with two attached hydrogens (primary N) is 1. The van der Waals surface area contributed by atoms with Crippen molar-refractivity contribution in [1.82, 2.24) is 0 Å². The number of hydrogen-bond acceptors (Lipinski definition) is 3. The van der Waals surface area contributed by atoms with Gasteiger partial charge in [0.15, 0.2) is 0 Å². The van der Waals surface area contributed by atoms with E-state index < -0.39 is 0 Å². The Morgan fingerprint density at radius 3 is 2.88 bits per heavy atom. The largest absolute Gasteiger partial charge is 0.409 e. The van der Waals surface area contributed by atoms with Crippen LogP contribution in [0.1, 0.15) is 6.42 Å². The Labute approximate surface area is 105 Å². The summed E-state index contributed by atoms with van der Waals surface area (Å²) in [4.78, 5) is 11.3. The van der Waals surface area contributed by atoms with Crippen molar-refractivity contribution in [3.63, 3.8) is 0 Å². The molecule has 16 heavy (non-hydrogen) atoms. The third kappa shape index (κ3) is 3.71. The molecule has 1 aromatic carbocycles. The van der Waals surface area contributed by atoms with Crippen molar-refractivity contribution >= 4 is 45.0 Å². The molecule has 86 valence electrons. The Hall–Kier alpha value is -1.27. The Balaban J connectivity index is 2.66. The van der Waals surface area contributed by atoms with E-state index in [1.54, 1.807) is 18.2 Å². The summed E-state index contributed by atoms with van der Waals surface area (Å²) in [6.45, 7) is 0. The molecule has 0 aliphatic carbocycles. The van der Waals surface area contributed by atoms with Crippen molar-refractivity contribution < 1.29 is 10.0 Å². The number of benzene rings is 1. The summed E-state index contributed by atoms with van der Waals surface area (Å²) in [6, 6.07) is 4.95. The van der Waals surface area contributed by atoms with Crippen LogP contribution in [0.2, 0.25) is 5.02 Å². The molecular formula is C9H9BrClN3O2. The average Bonchev–Trinajstić information content (AvgIpc) is 2.23. The molecule has 0 spiro atoms. The van der Waals surface area contributed by atoms with Crippen molar-refractivity contribution in [2.75, 3.05) is 5.32 Å². The fourth-order valence-corrected chi connectivity index (χ4v) is 1.48. The number of amidine groups is 1. The summed E-state index contributed by atoms with van der Waals surface area (Å²) >= 11 is 9.02. The predicted molar refractivity (Wildman–Crippen MR) is 65.8 cm³/mol. The van der Waals surface area contributed by atoms with Gasteiger partial charge >= 0.3 is 0 Å². The number of nitrogens with zero attached hydrogens (tertiary/aromatic N) is 1. The number of carbonyl (C=O) groups is 1. The molecule has 7 heteroatoms. The van der Waals surface area contributed by atoms with E-state index in [1.807, 2.05) is 0 Å². The molecule has 0 aliphatic rings. The Bertz CT molecular complexity index is 437. The fraction of sp³-hybridized carbons (Fsp3) is 0.111. The van der Waals surface area contributed by atoms with Crippen LogP contribution in [0, 0.1) is 0 Å². The first-order valence-corrected chi connectivity index (χ1v) is 5.41. The van der Waals surface area contributed by atoms with Crippen molar-refractivity contribution in [2.24, 2.45) is 10.9 Å². The van der Waals surface area contributed by atoms with Gasteiger partial charge in [0.25, 0.3) is 0 Å². The number of halogens is 2. The summed E-state index contributed by atoms with van der Waals surface area (Å²) in [5.41, 5.74) is 5.77. The standard InChI is InChI=1S/C9H9BrClN3O2/c10-6-3-5(1-2-7(6)11)13-9(15)4-8(12)14-16/h1-3,16H,4H2,(H2,12,14)(H,13,15). The number of anilines is 1. The predicted octanol–water partition coefficient (Wildman–Crippen LogP) is 2.18. The Kier molecular flexibility index (Phi) is 4.57. The molecule has 0 aliphatic heterocycles. The molecule has 0 radical (unpaired) electrons. The lowest BCUT2D eigenvalue weighted by atomic mass is 10.3. The van der Waals surface area contributed by atoms with Crippen LogP contribution in [0.15, 0.2) is 27.8 Å². The summed E-state index contributed by atoms with van der Waals surface area (Å²) in [5, 5.41) is 14.1. The van der Waals surface area contributed by atoms with E-state index in [0.717, 1.165) is 0 Å². The molecule has 0 unspecified atom stereocenters. The van der Waals surface area contributed by atoms with E-state index in [2.05, 4.69) is 26.4 Å². The van der Waals surface area contributed by atoms with Crippen LogP contribution in [-0.4, -0.2) is 17.0 Å². The van der Waals surface area contributed by atoms with Crippen molar-refractivity contribution in [1.29, 1.82) is 0 Å². The second kappa shape index (κ2) is 5.72. The van der Waals surface area contributed by atoms with Crippen LogP contribution in [0.3, 0.4) is 0 Å². The van der Waals surface area contributed by atoms with Gasteiger partial charge in [-0.3, -0.25) is 4.79 Å². The second-order valence-corrected chi connectivity index (χ2v) is 4.21. The highest BCUT2D eigenvalue weighted by molar-refractivity contribution is 9.10. The lowest BCUT2D eigenvalue weighted by molar-refractivity contribution is -0.115. The normalized spacial score (nSPS) is 11.2. The first kappa shape index (κ1) is 12.8. The molecule has 0 saturated carbocycles. The number of rotatable bonds is 3. The number of amides is 1. The molecule has 0 saturated heterocycles. The van der Waals surface area contributed by atoms with Crippen molar-refractivity contribution in [3.8, 4) is 0 Å². The van der Waals surface area contributed by atoms with E-state index in [4.69, 9.17) is 22.5 Å². The number of nitrogens with one attached hydrogen (secondary N) is 1. The zero-order valence-electron chi connectivity index (χ0n) is 8.08. The van der Waals surface area contributed by atoms with Gasteiger partial charge < -0.3 is 16.3 Å². The maximum atomic E-state index is 11.3. The van der Waals surface area contributed by atoms with Gasteiger partial charge in [-0.25, -0.2) is 0 Å². The number of carbonyl (C=O) groups excluding carboxylic acids is 1. The molecule has 0 aromatic heterocycles. The van der Waals surface area contributed by atoms with E-state index in [9.17, 15) is 4.79 Å². The van der Waals surface area contributed by atoms with Gasteiger partial charge in [-0.1, -0.05) is 16.8 Å². The number of hydrogen-bond donors (Lipinski definition) is 3. The number of oxime groups is 1. The van der Waals surface area contributed by atoms with E-state index in [1.165, 1.54) is 0 Å². The third-order valence-corrected chi connectivity index (χ3v) is 2.89. The molecule has 1 aromatic rings. The highest BCUT2D eigenvalue weighted by Gasteiger charge is 2.06. The Morgan fingerprint density at radius 1 is 1.62 bits per heavy atom. The maximum absolute atomic E-state index is 11.3. The quantitative estimate of drug-likeness (QED) is 0.346. The van der Waals surface area contributed by atoms with Gasteiger partial charge in [-0.2, -0.15) is 0 Å². The van der Waals surface area contributed by atoms with Gasteiger partial charge in [0.05, 0.1) is 11.4 Å². The summed E-state index contributed by atoms with van der Waals surface area (Å²) in [6.07, 6.45) is -0.170. The molecule has 0 atom stereocenters. The minimum Gasteiger partial charge on any atom is -0.409 e. The Morgan fingerprint density at radius 2 is 2.31 bits per heavy atom. The maximum Gasteiger partial charge on any atom is 0.232 e. The van der Waals surface area contributed by atoms with E-state index in [-0.39, 0.29) is 18.2 Å². The van der Waals surface area contributed by atoms with Gasteiger partial charge in [0.2, 0.25) is 5.91 Å². The van der Waals surface area contributed by atoms with Gasteiger partial charge in [0, 0.05) is 10.2 Å². The van der Waals surface area contributed by atoms with Crippen LogP contribution >= 0.6 is 27.5 Å². The fourth-order valence-electron chi connectivity index (χ4n) is 0.979. The molecule has 1 amide bonds. The van der Waals surface area contributed by atoms with Crippen LogP contribution in [-0.2, 0) is 4.79 Å². The molecule has 0 bridgehead atoms. The zero-order valence-corrected chi connectivity index (χ0v) is 10.4. The summed E-state index contributed by atoms with van der Waals surface area (Å²) in [5.74, 6) is -0.518. The summed E-state index contributed by atoms with van der Waals surface area (Å²) < 4.78 is 0.677. The molecule has 0 fully saturated rings. The lowest BCUT2D eigenvalue weighted by Crippen LogP contribution is -2.21. The van der Waals surface area contributed by atoms with Crippen molar-refractivity contribution in [2.45, 2.75) is 6.42 Å². The van der Waals surface area contributed by atoms with E-state index in [0.29, 0.717) is 15.2 Å². The minimum absolute atomic E-state index is 0.148. The molecule has 0 heterocycles. The highest BCUT2D eigenvalue weighted by Crippen LogP contribution is 2.25. The average molecular weight is 307 g/mol. The van der Waals surface area contributed by atoms with Crippen LogP contribution < -0.4 is 11.1 Å². The van der Waals surface area contributed by atoms with E-state index >= 15 is 0 Å². The smallest absolute Gasteiger partial charge is 0.232 e. The van der Waals surface area contributed by atoms with Gasteiger partial charge in [0.1, 0.15) is 5.84 Å². The molecule has 4 N–H and O–H groups in total. The first-order valence-electron chi connectivity index (χ1n) is 4.24. The van der Waals surface area contributed by atoms with Crippen LogP contribution in [0.25, 0.3) is 0 Å². The monoisotopic (exact) mass is 305 g/mol. The topological polar surface area (TPSA) is 87.7 Å². The van der Waals surface area contributed by atoms with Crippen LogP contribution in [0.4, 0.5) is 5.69 Å². The lowest BCUT2D eigenvalue weighted by Gasteiger charge is -2.05. The second-order valence-electron chi connectivity index (χ2n) is 2.95. The highest BCUT2D eigenvalue weighted by atomic mass is 79.9. The SMILES string of the molecule is N/C(CC(=O)Nc1ccc(Cl)c(Br)c1)=N/O.